The van der Waals surface area contributed by atoms with Crippen molar-refractivity contribution in [1.82, 2.24) is 19.6 Å². The van der Waals surface area contributed by atoms with Crippen LogP contribution >= 0.6 is 23.1 Å². The lowest BCUT2D eigenvalue weighted by Gasteiger charge is -2.23. The fraction of sp³-hybridized carbons (Fsp3) is 0.167. The van der Waals surface area contributed by atoms with Crippen molar-refractivity contribution < 1.29 is 4.79 Å². The Morgan fingerprint density at radius 1 is 1.03 bits per heavy atom. The van der Waals surface area contributed by atoms with Gasteiger partial charge in [0, 0.05) is 10.6 Å². The minimum atomic E-state index is 0.0124. The zero-order chi connectivity index (χ0) is 22.1. The molecule has 3 aromatic heterocycles. The predicted molar refractivity (Wildman–Crippen MR) is 130 cm³/mol. The van der Waals surface area contributed by atoms with Gasteiger partial charge in [0.25, 0.3) is 0 Å². The van der Waals surface area contributed by atoms with Crippen LogP contribution < -0.4 is 4.90 Å². The van der Waals surface area contributed by atoms with Crippen molar-refractivity contribution in [3.05, 3.63) is 83.0 Å². The summed E-state index contributed by atoms with van der Waals surface area (Å²) in [6.45, 7) is 4.69. The Bertz CT molecular complexity index is 1400. The molecule has 8 heteroatoms. The molecule has 0 radical (unpaired) electrons. The molecule has 0 spiro atoms. The first kappa shape index (κ1) is 20.7. The van der Waals surface area contributed by atoms with Gasteiger partial charge in [-0.15, -0.1) is 21.5 Å². The summed E-state index contributed by atoms with van der Waals surface area (Å²) in [7, 11) is 0. The molecule has 1 amide bonds. The molecule has 0 atom stereocenters. The second-order valence-corrected chi connectivity index (χ2v) is 9.62. The summed E-state index contributed by atoms with van der Waals surface area (Å²) in [4.78, 5) is 21.9. The van der Waals surface area contributed by atoms with Crippen LogP contribution in [0.25, 0.3) is 15.9 Å². The molecule has 0 aliphatic rings. The smallest absolute Gasteiger partial charge is 0.237 e. The van der Waals surface area contributed by atoms with Gasteiger partial charge in [-0.1, -0.05) is 60.3 Å². The summed E-state index contributed by atoms with van der Waals surface area (Å²) in [6.07, 6.45) is 1.75. The highest BCUT2D eigenvalue weighted by atomic mass is 32.2. The van der Waals surface area contributed by atoms with Gasteiger partial charge in [-0.3, -0.25) is 9.20 Å². The van der Waals surface area contributed by atoms with Crippen molar-refractivity contribution in [1.29, 1.82) is 0 Å². The minimum Gasteiger partial charge on any atom is -0.307 e. The van der Waals surface area contributed by atoms with Crippen LogP contribution in [0.3, 0.4) is 0 Å². The Morgan fingerprint density at radius 3 is 2.50 bits per heavy atom. The molecule has 3 heterocycles. The molecule has 160 valence electrons. The van der Waals surface area contributed by atoms with E-state index in [9.17, 15) is 4.79 Å². The van der Waals surface area contributed by atoms with Crippen LogP contribution in [0.2, 0.25) is 0 Å². The number of carbonyl (C=O) groups excluding carboxylic acids is 1. The summed E-state index contributed by atoms with van der Waals surface area (Å²) in [5, 5.41) is 10.5. The zero-order valence-electron chi connectivity index (χ0n) is 17.7. The van der Waals surface area contributed by atoms with Gasteiger partial charge >= 0.3 is 0 Å². The number of thioether (sulfide) groups is 1. The van der Waals surface area contributed by atoms with Gasteiger partial charge < -0.3 is 4.90 Å². The van der Waals surface area contributed by atoms with Crippen LogP contribution in [-0.4, -0.2) is 31.2 Å². The molecule has 32 heavy (non-hydrogen) atoms. The average Bonchev–Trinajstić information content (AvgIpc) is 3.37. The Kier molecular flexibility index (Phi) is 5.63. The number of amides is 1. The SMILES string of the molecule is Cc1sc2ncn3c(SCC(=O)N(Cc4ccccc4)c4ccccc4)nnc3c2c1C. The van der Waals surface area contributed by atoms with Crippen LogP contribution in [0.5, 0.6) is 0 Å². The van der Waals surface area contributed by atoms with Gasteiger partial charge in [0.05, 0.1) is 17.7 Å². The first-order valence-electron chi connectivity index (χ1n) is 10.2. The summed E-state index contributed by atoms with van der Waals surface area (Å²) in [5.74, 6) is 0.265. The normalized spacial score (nSPS) is 11.3. The summed E-state index contributed by atoms with van der Waals surface area (Å²) in [6, 6.07) is 19.8. The van der Waals surface area contributed by atoms with Gasteiger partial charge in [-0.05, 0) is 37.1 Å². The Labute approximate surface area is 193 Å². The van der Waals surface area contributed by atoms with E-state index >= 15 is 0 Å². The van der Waals surface area contributed by atoms with E-state index in [1.165, 1.54) is 22.2 Å². The lowest BCUT2D eigenvalue weighted by molar-refractivity contribution is -0.116. The first-order chi connectivity index (χ1) is 15.6. The van der Waals surface area contributed by atoms with Crippen molar-refractivity contribution in [2.75, 3.05) is 10.7 Å². The van der Waals surface area contributed by atoms with Crippen molar-refractivity contribution >= 4 is 50.6 Å². The third kappa shape index (κ3) is 3.87. The molecule has 0 aliphatic heterocycles. The van der Waals surface area contributed by atoms with Crippen LogP contribution in [0, 0.1) is 13.8 Å². The van der Waals surface area contributed by atoms with Gasteiger partial charge in [-0.2, -0.15) is 0 Å². The molecule has 0 saturated carbocycles. The monoisotopic (exact) mass is 459 g/mol. The number of thiophene rings is 1. The van der Waals surface area contributed by atoms with E-state index in [2.05, 4.69) is 29.0 Å². The van der Waals surface area contributed by atoms with Crippen LogP contribution in [0.1, 0.15) is 16.0 Å². The highest BCUT2D eigenvalue weighted by Crippen LogP contribution is 2.32. The maximum Gasteiger partial charge on any atom is 0.237 e. The molecule has 0 bridgehead atoms. The molecule has 0 fully saturated rings. The second kappa shape index (κ2) is 8.72. The lowest BCUT2D eigenvalue weighted by atomic mass is 10.2. The van der Waals surface area contributed by atoms with E-state index in [0.29, 0.717) is 11.7 Å². The number of para-hydroxylation sites is 1. The Balaban J connectivity index is 1.40. The highest BCUT2D eigenvalue weighted by molar-refractivity contribution is 7.99. The lowest BCUT2D eigenvalue weighted by Crippen LogP contribution is -2.31. The molecule has 0 saturated heterocycles. The van der Waals surface area contributed by atoms with Crippen molar-refractivity contribution in [3.8, 4) is 0 Å². The number of hydrogen-bond acceptors (Lipinski definition) is 6. The number of anilines is 1. The Hall–Kier alpha value is -3.23. The quantitative estimate of drug-likeness (QED) is 0.323. The molecule has 0 aliphatic carbocycles. The van der Waals surface area contributed by atoms with E-state index < -0.39 is 0 Å². The number of benzene rings is 2. The number of rotatable bonds is 6. The molecule has 0 N–H and O–H groups in total. The van der Waals surface area contributed by atoms with Crippen molar-refractivity contribution in [3.63, 3.8) is 0 Å². The number of nitrogens with zero attached hydrogens (tertiary/aromatic N) is 5. The van der Waals surface area contributed by atoms with Gasteiger partial charge in [-0.25, -0.2) is 4.98 Å². The molecular weight excluding hydrogens is 438 g/mol. The van der Waals surface area contributed by atoms with Gasteiger partial charge in [0.15, 0.2) is 10.8 Å². The van der Waals surface area contributed by atoms with E-state index in [1.54, 1.807) is 17.7 Å². The maximum absolute atomic E-state index is 13.3. The summed E-state index contributed by atoms with van der Waals surface area (Å²) in [5.41, 5.74) is 3.93. The summed E-state index contributed by atoms with van der Waals surface area (Å²) >= 11 is 3.04. The fourth-order valence-electron chi connectivity index (χ4n) is 3.63. The predicted octanol–water partition coefficient (Wildman–Crippen LogP) is 5.28. The minimum absolute atomic E-state index is 0.0124. The fourth-order valence-corrected chi connectivity index (χ4v) is 5.40. The maximum atomic E-state index is 13.3. The van der Waals surface area contributed by atoms with E-state index in [-0.39, 0.29) is 11.7 Å². The summed E-state index contributed by atoms with van der Waals surface area (Å²) < 4.78 is 1.88. The first-order valence-corrected chi connectivity index (χ1v) is 12.0. The van der Waals surface area contributed by atoms with Crippen LogP contribution in [0.4, 0.5) is 5.69 Å². The van der Waals surface area contributed by atoms with Crippen molar-refractivity contribution in [2.45, 2.75) is 25.5 Å². The van der Waals surface area contributed by atoms with E-state index in [0.717, 1.165) is 27.1 Å². The van der Waals surface area contributed by atoms with Gasteiger partial charge in [0.1, 0.15) is 11.2 Å². The second-order valence-electron chi connectivity index (χ2n) is 7.47. The number of carbonyl (C=O) groups is 1. The molecule has 6 nitrogen and oxygen atoms in total. The molecular formula is C24H21N5OS2. The largest absolute Gasteiger partial charge is 0.307 e. The third-order valence-corrected chi connectivity index (χ3v) is 7.47. The standard InChI is InChI=1S/C24H21N5OS2/c1-16-17(2)32-23-21(16)22-26-27-24(29(22)15-25-23)31-14-20(30)28(19-11-7-4-8-12-19)13-18-9-5-3-6-10-18/h3-12,15H,13-14H2,1-2H3. The van der Waals surface area contributed by atoms with E-state index in [4.69, 9.17) is 0 Å². The zero-order valence-corrected chi connectivity index (χ0v) is 19.4. The number of hydrogen-bond donors (Lipinski definition) is 0. The molecule has 0 unspecified atom stereocenters. The number of aryl methyl sites for hydroxylation is 2. The average molecular weight is 460 g/mol. The number of fused-ring (bicyclic) bond motifs is 3. The van der Waals surface area contributed by atoms with Gasteiger partial charge in [0.2, 0.25) is 5.91 Å². The molecule has 5 aromatic rings. The van der Waals surface area contributed by atoms with E-state index in [1.807, 2.05) is 70.0 Å². The number of aromatic nitrogens is 4. The third-order valence-electron chi connectivity index (χ3n) is 5.42. The van der Waals surface area contributed by atoms with Crippen LogP contribution in [0.15, 0.2) is 72.1 Å². The van der Waals surface area contributed by atoms with Crippen molar-refractivity contribution in [2.24, 2.45) is 0 Å². The topological polar surface area (TPSA) is 63.4 Å². The molecule has 5 rings (SSSR count). The van der Waals surface area contributed by atoms with Crippen LogP contribution in [-0.2, 0) is 11.3 Å². The molecule has 2 aromatic carbocycles. The Morgan fingerprint density at radius 2 is 1.75 bits per heavy atom. The highest BCUT2D eigenvalue weighted by Gasteiger charge is 2.19.